The molecular formula is C17H19NO3S. The van der Waals surface area contributed by atoms with Crippen LogP contribution in [-0.2, 0) is 15.6 Å². The van der Waals surface area contributed by atoms with E-state index in [1.165, 1.54) is 6.26 Å². The summed E-state index contributed by atoms with van der Waals surface area (Å²) in [5.41, 5.74) is 3.93. The van der Waals surface area contributed by atoms with Crippen LogP contribution in [0.5, 0.6) is 0 Å². The number of sulfone groups is 1. The Kier molecular flexibility index (Phi) is 4.66. The predicted molar refractivity (Wildman–Crippen MR) is 88.9 cm³/mol. The number of aryl methyl sites for hydroxylation is 1. The fourth-order valence-corrected chi connectivity index (χ4v) is 2.97. The Hall–Kier alpha value is -2.14. The third kappa shape index (κ3) is 4.18. The van der Waals surface area contributed by atoms with Crippen LogP contribution in [-0.4, -0.2) is 20.6 Å². The lowest BCUT2D eigenvalue weighted by Crippen LogP contribution is -2.13. The predicted octanol–water partition coefficient (Wildman–Crippen LogP) is 3.10. The van der Waals surface area contributed by atoms with Gasteiger partial charge in [-0.3, -0.25) is 4.79 Å². The Labute approximate surface area is 131 Å². The molecule has 1 amide bonds. The molecule has 0 aromatic heterocycles. The maximum Gasteiger partial charge on any atom is 0.255 e. The number of hydrogen-bond acceptors (Lipinski definition) is 3. The van der Waals surface area contributed by atoms with E-state index in [-0.39, 0.29) is 11.7 Å². The zero-order valence-electron chi connectivity index (χ0n) is 12.9. The lowest BCUT2D eigenvalue weighted by molar-refractivity contribution is 0.102. The average Bonchev–Trinajstić information content (AvgIpc) is 2.42. The van der Waals surface area contributed by atoms with E-state index in [0.717, 1.165) is 16.8 Å². The molecule has 5 heteroatoms. The smallest absolute Gasteiger partial charge is 0.255 e. The fraction of sp³-hybridized carbons (Fsp3) is 0.235. The highest BCUT2D eigenvalue weighted by atomic mass is 32.2. The van der Waals surface area contributed by atoms with E-state index in [0.29, 0.717) is 11.1 Å². The molecule has 2 rings (SSSR count). The standard InChI is InChI=1S/C17H19NO3S/c1-12-6-4-9-16(13(12)2)18-17(19)15-8-5-7-14(10-15)11-22(3,20)21/h4-10H,11H2,1-3H3,(H,18,19). The molecule has 0 saturated carbocycles. The Bertz CT molecular complexity index is 810. The van der Waals surface area contributed by atoms with E-state index in [4.69, 9.17) is 0 Å². The summed E-state index contributed by atoms with van der Waals surface area (Å²) < 4.78 is 22.7. The Morgan fingerprint density at radius 3 is 2.45 bits per heavy atom. The maximum absolute atomic E-state index is 12.3. The topological polar surface area (TPSA) is 63.2 Å². The van der Waals surface area contributed by atoms with Crippen molar-refractivity contribution in [3.63, 3.8) is 0 Å². The number of rotatable bonds is 4. The number of carbonyl (C=O) groups excluding carboxylic acids is 1. The van der Waals surface area contributed by atoms with Crippen molar-refractivity contribution in [2.45, 2.75) is 19.6 Å². The quantitative estimate of drug-likeness (QED) is 0.942. The minimum absolute atomic E-state index is 0.0718. The summed E-state index contributed by atoms with van der Waals surface area (Å²) in [7, 11) is -3.12. The Morgan fingerprint density at radius 2 is 1.77 bits per heavy atom. The number of benzene rings is 2. The molecule has 0 heterocycles. The van der Waals surface area contributed by atoms with Gasteiger partial charge in [-0.25, -0.2) is 8.42 Å². The molecule has 0 aliphatic carbocycles. The van der Waals surface area contributed by atoms with Gasteiger partial charge in [0, 0.05) is 17.5 Å². The lowest BCUT2D eigenvalue weighted by atomic mass is 10.1. The second-order valence-electron chi connectivity index (χ2n) is 5.47. The van der Waals surface area contributed by atoms with Crippen molar-refractivity contribution < 1.29 is 13.2 Å². The molecule has 2 aromatic carbocycles. The van der Waals surface area contributed by atoms with Crippen LogP contribution in [0.1, 0.15) is 27.0 Å². The summed E-state index contributed by atoms with van der Waals surface area (Å²) in [6.45, 7) is 3.93. The van der Waals surface area contributed by atoms with Gasteiger partial charge in [-0.1, -0.05) is 24.3 Å². The molecule has 0 atom stereocenters. The van der Waals surface area contributed by atoms with Crippen LogP contribution in [0.15, 0.2) is 42.5 Å². The van der Waals surface area contributed by atoms with Gasteiger partial charge in [0.15, 0.2) is 9.84 Å². The van der Waals surface area contributed by atoms with Crippen molar-refractivity contribution in [3.8, 4) is 0 Å². The van der Waals surface area contributed by atoms with Crippen LogP contribution in [0.3, 0.4) is 0 Å². The zero-order valence-corrected chi connectivity index (χ0v) is 13.7. The van der Waals surface area contributed by atoms with Gasteiger partial charge in [-0.15, -0.1) is 0 Å². The number of nitrogens with one attached hydrogen (secondary N) is 1. The third-order valence-corrected chi connectivity index (χ3v) is 4.33. The molecule has 0 spiro atoms. The first-order valence-corrected chi connectivity index (χ1v) is 8.96. The molecule has 4 nitrogen and oxygen atoms in total. The van der Waals surface area contributed by atoms with Crippen LogP contribution >= 0.6 is 0 Å². The molecule has 0 radical (unpaired) electrons. The van der Waals surface area contributed by atoms with E-state index in [1.807, 2.05) is 32.0 Å². The van der Waals surface area contributed by atoms with Gasteiger partial charge in [0.05, 0.1) is 5.75 Å². The summed E-state index contributed by atoms with van der Waals surface area (Å²) in [5, 5.41) is 2.87. The van der Waals surface area contributed by atoms with Gasteiger partial charge >= 0.3 is 0 Å². The first kappa shape index (κ1) is 16.2. The molecule has 1 N–H and O–H groups in total. The average molecular weight is 317 g/mol. The second kappa shape index (κ2) is 6.32. The minimum atomic E-state index is -3.12. The van der Waals surface area contributed by atoms with Gasteiger partial charge in [-0.05, 0) is 48.7 Å². The highest BCUT2D eigenvalue weighted by Gasteiger charge is 2.11. The molecule has 22 heavy (non-hydrogen) atoms. The van der Waals surface area contributed by atoms with Gasteiger partial charge < -0.3 is 5.32 Å². The molecule has 0 bridgehead atoms. The maximum atomic E-state index is 12.3. The zero-order chi connectivity index (χ0) is 16.3. The van der Waals surface area contributed by atoms with Gasteiger partial charge in [0.25, 0.3) is 5.91 Å². The highest BCUT2D eigenvalue weighted by molar-refractivity contribution is 7.89. The first-order valence-electron chi connectivity index (χ1n) is 6.90. The number of carbonyl (C=O) groups is 1. The van der Waals surface area contributed by atoms with Crippen LogP contribution in [0.4, 0.5) is 5.69 Å². The molecule has 116 valence electrons. The van der Waals surface area contributed by atoms with Crippen LogP contribution in [0, 0.1) is 13.8 Å². The largest absolute Gasteiger partial charge is 0.322 e. The molecule has 0 fully saturated rings. The van der Waals surface area contributed by atoms with Crippen molar-refractivity contribution in [1.82, 2.24) is 0 Å². The van der Waals surface area contributed by atoms with Crippen LogP contribution < -0.4 is 5.32 Å². The Balaban J connectivity index is 2.23. The summed E-state index contributed by atoms with van der Waals surface area (Å²) in [6.07, 6.45) is 1.18. The van der Waals surface area contributed by atoms with E-state index in [1.54, 1.807) is 24.3 Å². The number of amides is 1. The van der Waals surface area contributed by atoms with Crippen molar-refractivity contribution in [2.75, 3.05) is 11.6 Å². The summed E-state index contributed by atoms with van der Waals surface area (Å²) in [6, 6.07) is 12.4. The Morgan fingerprint density at radius 1 is 1.09 bits per heavy atom. The van der Waals surface area contributed by atoms with E-state index < -0.39 is 9.84 Å². The summed E-state index contributed by atoms with van der Waals surface area (Å²) in [5.74, 6) is -0.318. The summed E-state index contributed by atoms with van der Waals surface area (Å²) >= 11 is 0. The molecular weight excluding hydrogens is 298 g/mol. The van der Waals surface area contributed by atoms with E-state index in [9.17, 15) is 13.2 Å². The van der Waals surface area contributed by atoms with Crippen molar-refractivity contribution in [1.29, 1.82) is 0 Å². The normalized spacial score (nSPS) is 11.2. The lowest BCUT2D eigenvalue weighted by Gasteiger charge is -2.11. The first-order chi connectivity index (χ1) is 10.3. The van der Waals surface area contributed by atoms with Crippen LogP contribution in [0.25, 0.3) is 0 Å². The SMILES string of the molecule is Cc1cccc(NC(=O)c2cccc(CS(C)(=O)=O)c2)c1C. The summed E-state index contributed by atoms with van der Waals surface area (Å²) in [4.78, 5) is 12.3. The van der Waals surface area contributed by atoms with Gasteiger partial charge in [0.1, 0.15) is 0 Å². The monoisotopic (exact) mass is 317 g/mol. The van der Waals surface area contributed by atoms with Crippen molar-refractivity contribution in [2.24, 2.45) is 0 Å². The molecule has 0 aliphatic heterocycles. The van der Waals surface area contributed by atoms with E-state index >= 15 is 0 Å². The third-order valence-electron chi connectivity index (χ3n) is 3.47. The minimum Gasteiger partial charge on any atom is -0.322 e. The van der Waals surface area contributed by atoms with Gasteiger partial charge in [-0.2, -0.15) is 0 Å². The number of hydrogen-bond donors (Lipinski definition) is 1. The van der Waals surface area contributed by atoms with E-state index in [2.05, 4.69) is 5.32 Å². The van der Waals surface area contributed by atoms with Crippen molar-refractivity contribution >= 4 is 21.4 Å². The highest BCUT2D eigenvalue weighted by Crippen LogP contribution is 2.19. The molecule has 0 unspecified atom stereocenters. The molecule has 0 saturated heterocycles. The molecule has 2 aromatic rings. The van der Waals surface area contributed by atoms with Gasteiger partial charge in [0.2, 0.25) is 0 Å². The fourth-order valence-electron chi connectivity index (χ4n) is 2.19. The van der Waals surface area contributed by atoms with Crippen molar-refractivity contribution in [3.05, 3.63) is 64.7 Å². The number of anilines is 1. The van der Waals surface area contributed by atoms with Crippen LogP contribution in [0.2, 0.25) is 0 Å². The molecule has 0 aliphatic rings. The second-order valence-corrected chi connectivity index (χ2v) is 7.61.